The molecule has 0 radical (unpaired) electrons. The molecule has 7 rings (SSSR count). The quantitative estimate of drug-likeness (QED) is 0.169. The third-order valence-electron chi connectivity index (χ3n) is 8.66. The van der Waals surface area contributed by atoms with Crippen LogP contribution in [0.15, 0.2) is 73.2 Å². The standard InChI is InChI=1S/C35H31Cl2N7O4/c1-20-11-22(13-32-40-28-8-7-21(34(45)46)12-29(28)44(32)30-18-47-19-35(30,2)3)25(36)14-24(20)27-5-4-6-33(41-27)48-17-23-16-38-31(15-26(23)37)43-10-9-39-42-43/h4-12,14-16,30H,13,17-19H2,1-3H3,(H,45,46)/t30-/m1/s1. The molecule has 13 heteroatoms. The van der Waals surface area contributed by atoms with Crippen LogP contribution in [0.2, 0.25) is 10.0 Å². The number of rotatable bonds is 9. The molecule has 0 amide bonds. The molecule has 5 heterocycles. The molecule has 1 atom stereocenters. The third kappa shape index (κ3) is 6.12. The van der Waals surface area contributed by atoms with Crippen molar-refractivity contribution < 1.29 is 19.4 Å². The maximum atomic E-state index is 11.8. The summed E-state index contributed by atoms with van der Waals surface area (Å²) in [4.78, 5) is 25.9. The Morgan fingerprint density at radius 1 is 1.08 bits per heavy atom. The van der Waals surface area contributed by atoms with Crippen molar-refractivity contribution in [1.82, 2.24) is 34.5 Å². The van der Waals surface area contributed by atoms with Crippen LogP contribution in [-0.4, -0.2) is 58.8 Å². The summed E-state index contributed by atoms with van der Waals surface area (Å²) >= 11 is 13.5. The number of ether oxygens (including phenoxy) is 2. The van der Waals surface area contributed by atoms with E-state index in [1.807, 2.05) is 25.1 Å². The number of aromatic nitrogens is 7. The van der Waals surface area contributed by atoms with Gasteiger partial charge < -0.3 is 19.1 Å². The van der Waals surface area contributed by atoms with Crippen LogP contribution >= 0.6 is 23.2 Å². The summed E-state index contributed by atoms with van der Waals surface area (Å²) in [7, 11) is 0. The zero-order valence-corrected chi connectivity index (χ0v) is 27.9. The minimum atomic E-state index is -0.982. The first-order valence-corrected chi connectivity index (χ1v) is 16.1. The van der Waals surface area contributed by atoms with E-state index in [-0.39, 0.29) is 23.6 Å². The van der Waals surface area contributed by atoms with Gasteiger partial charge >= 0.3 is 5.97 Å². The smallest absolute Gasteiger partial charge is 0.335 e. The molecular weight excluding hydrogens is 653 g/mol. The summed E-state index contributed by atoms with van der Waals surface area (Å²) in [6, 6.07) is 16.3. The van der Waals surface area contributed by atoms with Crippen molar-refractivity contribution in [3.63, 3.8) is 0 Å². The predicted octanol–water partition coefficient (Wildman–Crippen LogP) is 7.15. The number of hydrogen-bond acceptors (Lipinski definition) is 8. The van der Waals surface area contributed by atoms with Gasteiger partial charge in [0.15, 0.2) is 5.82 Å². The summed E-state index contributed by atoms with van der Waals surface area (Å²) in [5.41, 5.74) is 5.70. The topological polar surface area (TPSA) is 130 Å². The van der Waals surface area contributed by atoms with Crippen molar-refractivity contribution in [3.05, 3.63) is 111 Å². The summed E-state index contributed by atoms with van der Waals surface area (Å²) < 4.78 is 15.6. The molecule has 4 aromatic heterocycles. The zero-order valence-electron chi connectivity index (χ0n) is 26.4. The first-order chi connectivity index (χ1) is 23.1. The first-order valence-electron chi connectivity index (χ1n) is 15.3. The van der Waals surface area contributed by atoms with Gasteiger partial charge in [-0.1, -0.05) is 54.4 Å². The van der Waals surface area contributed by atoms with Gasteiger partial charge in [0.1, 0.15) is 12.4 Å². The fourth-order valence-electron chi connectivity index (χ4n) is 6.06. The van der Waals surface area contributed by atoms with Gasteiger partial charge in [-0.15, -0.1) is 5.10 Å². The highest BCUT2D eigenvalue weighted by Gasteiger charge is 2.39. The number of aromatic carboxylic acids is 1. The molecule has 0 bridgehead atoms. The molecule has 1 saturated heterocycles. The molecule has 1 aliphatic heterocycles. The average molecular weight is 685 g/mol. The van der Waals surface area contributed by atoms with E-state index in [4.69, 9.17) is 42.6 Å². The highest BCUT2D eigenvalue weighted by Crippen LogP contribution is 2.41. The molecule has 0 saturated carbocycles. The largest absolute Gasteiger partial charge is 0.478 e. The fourth-order valence-corrected chi connectivity index (χ4v) is 6.49. The van der Waals surface area contributed by atoms with Crippen LogP contribution in [-0.2, 0) is 17.8 Å². The Morgan fingerprint density at radius 3 is 2.65 bits per heavy atom. The van der Waals surface area contributed by atoms with Crippen LogP contribution in [0.3, 0.4) is 0 Å². The van der Waals surface area contributed by atoms with Crippen molar-refractivity contribution in [2.75, 3.05) is 13.2 Å². The van der Waals surface area contributed by atoms with Crippen LogP contribution in [0.5, 0.6) is 5.88 Å². The molecule has 11 nitrogen and oxygen atoms in total. The first kappa shape index (κ1) is 31.7. The number of fused-ring (bicyclic) bond motifs is 1. The van der Waals surface area contributed by atoms with E-state index >= 15 is 0 Å². The van der Waals surface area contributed by atoms with Crippen LogP contribution in [0.4, 0.5) is 0 Å². The normalized spacial score (nSPS) is 15.6. The maximum Gasteiger partial charge on any atom is 0.335 e. The van der Waals surface area contributed by atoms with Gasteiger partial charge in [-0.2, -0.15) is 0 Å². The minimum Gasteiger partial charge on any atom is -0.478 e. The Balaban J connectivity index is 1.15. The number of benzene rings is 2. The zero-order chi connectivity index (χ0) is 33.6. The maximum absolute atomic E-state index is 11.8. The van der Waals surface area contributed by atoms with E-state index in [1.54, 1.807) is 48.9 Å². The number of pyridine rings is 2. The average Bonchev–Trinajstić information content (AvgIpc) is 3.80. The van der Waals surface area contributed by atoms with Crippen molar-refractivity contribution >= 4 is 40.2 Å². The lowest BCUT2D eigenvalue weighted by molar-refractivity contribution is 0.0697. The lowest BCUT2D eigenvalue weighted by atomic mass is 9.87. The Hall–Kier alpha value is -4.84. The van der Waals surface area contributed by atoms with Gasteiger partial charge in [0, 0.05) is 46.3 Å². The Labute approximate surface area is 286 Å². The molecular formula is C35H31Cl2N7O4. The van der Waals surface area contributed by atoms with Crippen LogP contribution in [0.1, 0.15) is 52.8 Å². The van der Waals surface area contributed by atoms with Crippen molar-refractivity contribution in [2.24, 2.45) is 5.41 Å². The van der Waals surface area contributed by atoms with E-state index in [1.165, 1.54) is 4.68 Å². The lowest BCUT2D eigenvalue weighted by Gasteiger charge is -2.28. The van der Waals surface area contributed by atoms with Crippen LogP contribution in [0, 0.1) is 12.3 Å². The molecule has 1 N–H and O–H groups in total. The number of aryl methyl sites for hydroxylation is 1. The number of imidazole rings is 1. The fraction of sp³-hybridized carbons (Fsp3) is 0.257. The van der Waals surface area contributed by atoms with Gasteiger partial charge in [-0.05, 0) is 48.4 Å². The number of hydrogen-bond donors (Lipinski definition) is 1. The van der Waals surface area contributed by atoms with Crippen molar-refractivity contribution in [2.45, 2.75) is 39.8 Å². The molecule has 0 unspecified atom stereocenters. The Kier molecular flexibility index (Phi) is 8.36. The minimum absolute atomic E-state index is 0.0232. The van der Waals surface area contributed by atoms with Gasteiger partial charge in [0.05, 0.1) is 59.0 Å². The van der Waals surface area contributed by atoms with Crippen molar-refractivity contribution in [1.29, 1.82) is 0 Å². The highest BCUT2D eigenvalue weighted by atomic mass is 35.5. The number of carboxylic acids is 1. The highest BCUT2D eigenvalue weighted by molar-refractivity contribution is 6.32. The van der Waals surface area contributed by atoms with Gasteiger partial charge in [0.2, 0.25) is 5.88 Å². The SMILES string of the molecule is Cc1cc(Cc2nc3ccc(C(=O)O)cc3n2[C@@H]2COCC2(C)C)c(Cl)cc1-c1cccc(OCc2cnc(-n3ccnn3)cc2Cl)n1. The second kappa shape index (κ2) is 12.6. The predicted molar refractivity (Wildman–Crippen MR) is 181 cm³/mol. The molecule has 6 aromatic rings. The third-order valence-corrected chi connectivity index (χ3v) is 9.37. The number of carboxylic acid groups (broad SMARTS) is 1. The van der Waals surface area contributed by atoms with Gasteiger partial charge in [-0.3, -0.25) is 0 Å². The van der Waals surface area contributed by atoms with Crippen molar-refractivity contribution in [3.8, 4) is 23.0 Å². The van der Waals surface area contributed by atoms with Gasteiger partial charge in [-0.25, -0.2) is 24.4 Å². The molecule has 1 fully saturated rings. The van der Waals surface area contributed by atoms with E-state index in [0.717, 1.165) is 33.5 Å². The number of nitrogens with zero attached hydrogens (tertiary/aromatic N) is 7. The second-order valence-corrected chi connectivity index (χ2v) is 13.3. The van der Waals surface area contributed by atoms with E-state index in [2.05, 4.69) is 39.8 Å². The summed E-state index contributed by atoms with van der Waals surface area (Å²) in [6.07, 6.45) is 5.35. The number of carbonyl (C=O) groups is 1. The molecule has 1 aliphatic rings. The van der Waals surface area contributed by atoms with E-state index in [9.17, 15) is 9.90 Å². The van der Waals surface area contributed by atoms with Gasteiger partial charge in [0.25, 0.3) is 0 Å². The summed E-state index contributed by atoms with van der Waals surface area (Å²) in [6.45, 7) is 7.61. The molecule has 0 aliphatic carbocycles. The van der Waals surface area contributed by atoms with Crippen LogP contribution < -0.4 is 4.74 Å². The monoisotopic (exact) mass is 683 g/mol. The van der Waals surface area contributed by atoms with Crippen LogP contribution in [0.25, 0.3) is 28.1 Å². The number of halogens is 2. The lowest BCUT2D eigenvalue weighted by Crippen LogP contribution is -2.27. The van der Waals surface area contributed by atoms with E-state index < -0.39 is 5.97 Å². The second-order valence-electron chi connectivity index (χ2n) is 12.5. The molecule has 0 spiro atoms. The summed E-state index contributed by atoms with van der Waals surface area (Å²) in [5, 5.41) is 18.5. The van der Waals surface area contributed by atoms with E-state index in [0.29, 0.717) is 52.6 Å². The Morgan fingerprint density at radius 2 is 1.92 bits per heavy atom. The Bertz CT molecular complexity index is 2160. The molecule has 48 heavy (non-hydrogen) atoms. The molecule has 244 valence electrons. The molecule has 2 aromatic carbocycles. The summed E-state index contributed by atoms with van der Waals surface area (Å²) in [5.74, 6) is 0.794.